The zero-order valence-corrected chi connectivity index (χ0v) is 14.6. The summed E-state index contributed by atoms with van der Waals surface area (Å²) in [5.41, 5.74) is 1.13. The van der Waals surface area contributed by atoms with Gasteiger partial charge in [0.05, 0.1) is 7.11 Å². The number of rotatable bonds is 5. The van der Waals surface area contributed by atoms with E-state index in [1.54, 1.807) is 14.2 Å². The van der Waals surface area contributed by atoms with Crippen molar-refractivity contribution in [1.29, 1.82) is 0 Å². The molecule has 1 aromatic carbocycles. The molecule has 0 unspecified atom stereocenters. The summed E-state index contributed by atoms with van der Waals surface area (Å²) >= 11 is 3.48. The van der Waals surface area contributed by atoms with Gasteiger partial charge < -0.3 is 20.1 Å². The van der Waals surface area contributed by atoms with Gasteiger partial charge in [-0.1, -0.05) is 15.9 Å². The lowest BCUT2D eigenvalue weighted by atomic mass is 9.90. The molecule has 2 N–H and O–H groups in total. The van der Waals surface area contributed by atoms with Crippen LogP contribution in [0.2, 0.25) is 0 Å². The minimum Gasteiger partial charge on any atom is -0.496 e. The van der Waals surface area contributed by atoms with E-state index in [1.807, 2.05) is 12.1 Å². The fourth-order valence-electron chi connectivity index (χ4n) is 2.96. The number of carbonyl (C=O) groups is 1. The smallest absolute Gasteiger partial charge is 0.407 e. The van der Waals surface area contributed by atoms with E-state index < -0.39 is 6.09 Å². The van der Waals surface area contributed by atoms with Crippen molar-refractivity contribution >= 4 is 22.0 Å². The number of halogens is 1. The number of hydrogen-bond donors (Lipinski definition) is 2. The maximum Gasteiger partial charge on any atom is 0.407 e. The Kier molecular flexibility index (Phi) is 6.08. The number of methoxy groups -OCH3 is 1. The standard InChI is InChI=1S/C16H23BrN2O3/c1-19(16(20)21)14-6-4-13(5-7-14)18-10-11-9-12(17)3-8-15(11)22-2/h3,8-9,13-14,18H,4-7,10H2,1-2H3,(H,20,21). The lowest BCUT2D eigenvalue weighted by Crippen LogP contribution is -2.42. The van der Waals surface area contributed by atoms with E-state index in [1.165, 1.54) is 4.90 Å². The molecule has 0 bridgehead atoms. The summed E-state index contributed by atoms with van der Waals surface area (Å²) < 4.78 is 6.42. The summed E-state index contributed by atoms with van der Waals surface area (Å²) in [6.07, 6.45) is 2.99. The van der Waals surface area contributed by atoms with Crippen LogP contribution in [0.15, 0.2) is 22.7 Å². The highest BCUT2D eigenvalue weighted by Crippen LogP contribution is 2.25. The third-order valence-corrected chi connectivity index (χ3v) is 4.86. The third kappa shape index (κ3) is 4.36. The van der Waals surface area contributed by atoms with Crippen molar-refractivity contribution in [3.8, 4) is 5.75 Å². The first kappa shape index (κ1) is 17.1. The number of benzene rings is 1. The second-order valence-corrected chi connectivity index (χ2v) is 6.65. The van der Waals surface area contributed by atoms with E-state index in [-0.39, 0.29) is 6.04 Å². The molecular weight excluding hydrogens is 348 g/mol. The molecule has 0 aromatic heterocycles. The minimum atomic E-state index is -0.838. The first-order chi connectivity index (χ1) is 10.5. The van der Waals surface area contributed by atoms with Crippen LogP contribution in [0.5, 0.6) is 5.75 Å². The van der Waals surface area contributed by atoms with Crippen molar-refractivity contribution < 1.29 is 14.6 Å². The fraction of sp³-hybridized carbons (Fsp3) is 0.562. The van der Waals surface area contributed by atoms with Crippen LogP contribution in [-0.4, -0.2) is 42.3 Å². The van der Waals surface area contributed by atoms with Crippen LogP contribution in [0.4, 0.5) is 4.79 Å². The Bertz CT molecular complexity index is 516. The minimum absolute atomic E-state index is 0.149. The van der Waals surface area contributed by atoms with E-state index >= 15 is 0 Å². The topological polar surface area (TPSA) is 61.8 Å². The fourth-order valence-corrected chi connectivity index (χ4v) is 3.37. The zero-order valence-electron chi connectivity index (χ0n) is 13.0. The maximum absolute atomic E-state index is 11.0. The Hall–Kier alpha value is -1.27. The van der Waals surface area contributed by atoms with E-state index in [2.05, 4.69) is 27.3 Å². The number of amides is 1. The monoisotopic (exact) mass is 370 g/mol. The van der Waals surface area contributed by atoms with Crippen LogP contribution < -0.4 is 10.1 Å². The average Bonchev–Trinajstić information content (AvgIpc) is 2.52. The van der Waals surface area contributed by atoms with Crippen LogP contribution in [0.25, 0.3) is 0 Å². The predicted octanol–water partition coefficient (Wildman–Crippen LogP) is 3.47. The molecule has 1 fully saturated rings. The number of carboxylic acid groups (broad SMARTS) is 1. The SMILES string of the molecule is COc1ccc(Br)cc1CNC1CCC(N(C)C(=O)O)CC1. The van der Waals surface area contributed by atoms with E-state index in [4.69, 9.17) is 9.84 Å². The molecule has 0 radical (unpaired) electrons. The number of ether oxygens (including phenoxy) is 1. The lowest BCUT2D eigenvalue weighted by molar-refractivity contribution is 0.122. The van der Waals surface area contributed by atoms with Crippen molar-refractivity contribution in [3.63, 3.8) is 0 Å². The third-order valence-electron chi connectivity index (χ3n) is 4.37. The molecule has 0 heterocycles. The van der Waals surface area contributed by atoms with Gasteiger partial charge in [-0.2, -0.15) is 0 Å². The normalized spacial score (nSPS) is 21.4. The van der Waals surface area contributed by atoms with Gasteiger partial charge in [0.1, 0.15) is 5.75 Å². The molecule has 5 nitrogen and oxygen atoms in total. The van der Waals surface area contributed by atoms with Crippen molar-refractivity contribution in [2.45, 2.75) is 44.3 Å². The van der Waals surface area contributed by atoms with E-state index in [0.29, 0.717) is 6.04 Å². The second kappa shape index (κ2) is 7.83. The average molecular weight is 371 g/mol. The van der Waals surface area contributed by atoms with E-state index in [9.17, 15) is 4.79 Å². The van der Waals surface area contributed by atoms with Crippen LogP contribution in [-0.2, 0) is 6.54 Å². The summed E-state index contributed by atoms with van der Waals surface area (Å²) in [6, 6.07) is 6.57. The largest absolute Gasteiger partial charge is 0.496 e. The van der Waals surface area contributed by atoms with E-state index in [0.717, 1.165) is 48.0 Å². The summed E-state index contributed by atoms with van der Waals surface area (Å²) in [6.45, 7) is 0.757. The van der Waals surface area contributed by atoms with Gasteiger partial charge in [0.25, 0.3) is 0 Å². The molecule has 1 saturated carbocycles. The molecule has 0 saturated heterocycles. The highest BCUT2D eigenvalue weighted by atomic mass is 79.9. The van der Waals surface area contributed by atoms with Crippen molar-refractivity contribution in [2.24, 2.45) is 0 Å². The van der Waals surface area contributed by atoms with Gasteiger partial charge in [-0.15, -0.1) is 0 Å². The van der Waals surface area contributed by atoms with Gasteiger partial charge >= 0.3 is 6.09 Å². The molecule has 2 rings (SSSR count). The quantitative estimate of drug-likeness (QED) is 0.832. The molecule has 1 aliphatic carbocycles. The Morgan fingerprint density at radius 3 is 2.68 bits per heavy atom. The van der Waals surface area contributed by atoms with Crippen LogP contribution in [0.1, 0.15) is 31.2 Å². The van der Waals surface area contributed by atoms with Crippen molar-refractivity contribution in [1.82, 2.24) is 10.2 Å². The van der Waals surface area contributed by atoms with Gasteiger partial charge in [0, 0.05) is 35.7 Å². The summed E-state index contributed by atoms with van der Waals surface area (Å²) in [5, 5.41) is 12.6. The maximum atomic E-state index is 11.0. The molecule has 122 valence electrons. The Labute approximate surface area is 139 Å². The first-order valence-corrected chi connectivity index (χ1v) is 8.32. The Balaban J connectivity index is 1.84. The predicted molar refractivity (Wildman–Crippen MR) is 89.4 cm³/mol. The Morgan fingerprint density at radius 1 is 1.41 bits per heavy atom. The molecule has 0 aliphatic heterocycles. The summed E-state index contributed by atoms with van der Waals surface area (Å²) in [7, 11) is 3.34. The molecule has 22 heavy (non-hydrogen) atoms. The van der Waals surface area contributed by atoms with Gasteiger partial charge in [-0.05, 0) is 43.9 Å². The highest BCUT2D eigenvalue weighted by molar-refractivity contribution is 9.10. The molecule has 1 amide bonds. The molecular formula is C16H23BrN2O3. The number of nitrogens with zero attached hydrogens (tertiary/aromatic N) is 1. The van der Waals surface area contributed by atoms with Crippen LogP contribution in [0.3, 0.4) is 0 Å². The second-order valence-electron chi connectivity index (χ2n) is 5.74. The first-order valence-electron chi connectivity index (χ1n) is 7.52. The van der Waals surface area contributed by atoms with Gasteiger partial charge in [0.15, 0.2) is 0 Å². The molecule has 1 aliphatic rings. The number of nitrogens with one attached hydrogen (secondary N) is 1. The van der Waals surface area contributed by atoms with Crippen molar-refractivity contribution in [2.75, 3.05) is 14.2 Å². The van der Waals surface area contributed by atoms with Crippen molar-refractivity contribution in [3.05, 3.63) is 28.2 Å². The molecule has 0 atom stereocenters. The van der Waals surface area contributed by atoms with Crippen LogP contribution >= 0.6 is 15.9 Å². The highest BCUT2D eigenvalue weighted by Gasteiger charge is 2.26. The summed E-state index contributed by atoms with van der Waals surface area (Å²) in [4.78, 5) is 12.4. The van der Waals surface area contributed by atoms with Gasteiger partial charge in [-0.3, -0.25) is 0 Å². The Morgan fingerprint density at radius 2 is 2.09 bits per heavy atom. The van der Waals surface area contributed by atoms with Gasteiger partial charge in [0.2, 0.25) is 0 Å². The van der Waals surface area contributed by atoms with Crippen LogP contribution in [0, 0.1) is 0 Å². The number of hydrogen-bond acceptors (Lipinski definition) is 3. The lowest BCUT2D eigenvalue weighted by Gasteiger charge is -2.33. The summed E-state index contributed by atoms with van der Waals surface area (Å²) in [5.74, 6) is 0.884. The molecule has 1 aromatic rings. The zero-order chi connectivity index (χ0) is 16.1. The molecule has 6 heteroatoms. The molecule has 0 spiro atoms. The van der Waals surface area contributed by atoms with Gasteiger partial charge in [-0.25, -0.2) is 4.79 Å².